The number of amides is 1. The molecule has 0 fully saturated rings. The van der Waals surface area contributed by atoms with Crippen LogP contribution in [-0.4, -0.2) is 35.2 Å². The van der Waals surface area contributed by atoms with E-state index in [2.05, 4.69) is 31.9 Å². The fourth-order valence-corrected chi connectivity index (χ4v) is 1.12. The lowest BCUT2D eigenvalue weighted by Crippen LogP contribution is -2.42. The van der Waals surface area contributed by atoms with Crippen LogP contribution in [-0.2, 0) is 11.2 Å². The van der Waals surface area contributed by atoms with Crippen molar-refractivity contribution in [2.24, 2.45) is 0 Å². The topological polar surface area (TPSA) is 80.0 Å². The van der Waals surface area contributed by atoms with Crippen molar-refractivity contribution in [1.82, 2.24) is 20.8 Å². The second-order valence-corrected chi connectivity index (χ2v) is 3.31. The van der Waals surface area contributed by atoms with E-state index in [1.54, 1.807) is 13.0 Å². The van der Waals surface area contributed by atoms with E-state index >= 15 is 0 Å². The molecular weight excluding hydrogens is 208 g/mol. The Morgan fingerprint density at radius 2 is 2.56 bits per heavy atom. The molecule has 1 atom stereocenters. The van der Waals surface area contributed by atoms with Gasteiger partial charge in [0.25, 0.3) is 0 Å². The van der Waals surface area contributed by atoms with Crippen LogP contribution in [0.1, 0.15) is 12.7 Å². The molecule has 6 heteroatoms. The minimum atomic E-state index is -0.244. The lowest BCUT2D eigenvalue weighted by molar-refractivity contribution is -0.122. The summed E-state index contributed by atoms with van der Waals surface area (Å²) in [6.45, 7) is 6.44. The molecule has 0 saturated heterocycles. The maximum absolute atomic E-state index is 11.4. The summed E-state index contributed by atoms with van der Waals surface area (Å²) in [5.74, 6) is 0.583. The number of hydrogen-bond acceptors (Lipinski definition) is 5. The van der Waals surface area contributed by atoms with Gasteiger partial charge in [-0.2, -0.15) is 4.98 Å². The van der Waals surface area contributed by atoms with E-state index in [4.69, 9.17) is 0 Å². The zero-order valence-corrected chi connectivity index (χ0v) is 9.27. The Balaban J connectivity index is 2.16. The number of hydrogen-bond donors (Lipinski definition) is 2. The highest BCUT2D eigenvalue weighted by atomic mass is 16.5. The first-order valence-electron chi connectivity index (χ1n) is 5.11. The fourth-order valence-electron chi connectivity index (χ4n) is 1.12. The minimum absolute atomic E-state index is 0.0481. The smallest absolute Gasteiger partial charge is 0.237 e. The van der Waals surface area contributed by atoms with E-state index < -0.39 is 0 Å². The molecule has 0 aromatic carbocycles. The number of rotatable bonds is 7. The Morgan fingerprint density at radius 3 is 3.19 bits per heavy atom. The maximum atomic E-state index is 11.4. The summed E-state index contributed by atoms with van der Waals surface area (Å²) in [7, 11) is 0. The first kappa shape index (κ1) is 12.4. The second-order valence-electron chi connectivity index (χ2n) is 3.31. The molecular formula is C10H16N4O2. The van der Waals surface area contributed by atoms with Gasteiger partial charge in [0.15, 0.2) is 5.82 Å². The van der Waals surface area contributed by atoms with Crippen LogP contribution in [0.2, 0.25) is 0 Å². The van der Waals surface area contributed by atoms with Crippen LogP contribution in [0.25, 0.3) is 0 Å². The van der Waals surface area contributed by atoms with Gasteiger partial charge in [-0.05, 0) is 6.92 Å². The van der Waals surface area contributed by atoms with Crippen molar-refractivity contribution in [3.63, 3.8) is 0 Å². The molecule has 0 radical (unpaired) electrons. The van der Waals surface area contributed by atoms with Gasteiger partial charge in [-0.15, -0.1) is 6.58 Å². The molecule has 0 bridgehead atoms. The third-order valence-electron chi connectivity index (χ3n) is 2.02. The Hall–Kier alpha value is -1.69. The van der Waals surface area contributed by atoms with E-state index in [0.717, 1.165) is 0 Å². The predicted octanol–water partition coefficient (Wildman–Crippen LogP) is -0.108. The summed E-state index contributed by atoms with van der Waals surface area (Å²) >= 11 is 0. The van der Waals surface area contributed by atoms with E-state index in [-0.39, 0.29) is 11.9 Å². The summed E-state index contributed by atoms with van der Waals surface area (Å²) < 4.78 is 4.59. The molecule has 1 aromatic rings. The summed E-state index contributed by atoms with van der Waals surface area (Å²) in [6, 6.07) is -0.244. The number of carbonyl (C=O) groups excluding carboxylic acids is 1. The SMILES string of the molecule is C=CCNC(=O)C(C)NCCc1ncon1. The molecule has 1 aromatic heterocycles. The molecule has 6 nitrogen and oxygen atoms in total. The second kappa shape index (κ2) is 6.73. The van der Waals surface area contributed by atoms with Gasteiger partial charge in [0.1, 0.15) is 0 Å². The Morgan fingerprint density at radius 1 is 1.75 bits per heavy atom. The average molecular weight is 224 g/mol. The Labute approximate surface area is 94.1 Å². The molecule has 0 saturated carbocycles. The van der Waals surface area contributed by atoms with Gasteiger partial charge >= 0.3 is 0 Å². The third kappa shape index (κ3) is 4.22. The summed E-state index contributed by atoms with van der Waals surface area (Å²) in [5.41, 5.74) is 0. The fraction of sp³-hybridized carbons (Fsp3) is 0.500. The molecule has 1 unspecified atom stereocenters. The van der Waals surface area contributed by atoms with Crippen molar-refractivity contribution < 1.29 is 9.32 Å². The highest BCUT2D eigenvalue weighted by molar-refractivity contribution is 5.81. The molecule has 2 N–H and O–H groups in total. The monoisotopic (exact) mass is 224 g/mol. The van der Waals surface area contributed by atoms with Gasteiger partial charge in [-0.1, -0.05) is 11.2 Å². The maximum Gasteiger partial charge on any atom is 0.237 e. The first-order valence-corrected chi connectivity index (χ1v) is 5.11. The van der Waals surface area contributed by atoms with Crippen LogP contribution in [0.3, 0.4) is 0 Å². The van der Waals surface area contributed by atoms with Crippen LogP contribution in [0.15, 0.2) is 23.6 Å². The Bertz CT molecular complexity index is 324. The number of nitrogens with zero attached hydrogens (tertiary/aromatic N) is 2. The minimum Gasteiger partial charge on any atom is -0.351 e. The molecule has 0 aliphatic carbocycles. The van der Waals surface area contributed by atoms with Crippen molar-refractivity contribution in [3.8, 4) is 0 Å². The number of nitrogens with one attached hydrogen (secondary N) is 2. The van der Waals surface area contributed by atoms with Crippen molar-refractivity contribution >= 4 is 5.91 Å². The molecule has 1 amide bonds. The van der Waals surface area contributed by atoms with Crippen molar-refractivity contribution in [3.05, 3.63) is 24.9 Å². The van der Waals surface area contributed by atoms with E-state index in [9.17, 15) is 4.79 Å². The van der Waals surface area contributed by atoms with Gasteiger partial charge in [0.05, 0.1) is 6.04 Å². The van der Waals surface area contributed by atoms with E-state index in [1.807, 2.05) is 0 Å². The van der Waals surface area contributed by atoms with Crippen molar-refractivity contribution in [2.75, 3.05) is 13.1 Å². The summed E-state index contributed by atoms with van der Waals surface area (Å²) in [4.78, 5) is 15.3. The van der Waals surface area contributed by atoms with Gasteiger partial charge in [-0.3, -0.25) is 4.79 Å². The molecule has 1 heterocycles. The molecule has 0 spiro atoms. The van der Waals surface area contributed by atoms with Crippen LogP contribution in [0.4, 0.5) is 0 Å². The standard InChI is InChI=1S/C10H16N4O2/c1-3-5-12-10(15)8(2)11-6-4-9-13-7-16-14-9/h3,7-8,11H,1,4-6H2,2H3,(H,12,15). The lowest BCUT2D eigenvalue weighted by atomic mass is 10.3. The highest BCUT2D eigenvalue weighted by Gasteiger charge is 2.10. The lowest BCUT2D eigenvalue weighted by Gasteiger charge is -2.12. The van der Waals surface area contributed by atoms with Gasteiger partial charge in [-0.25, -0.2) is 0 Å². The molecule has 16 heavy (non-hydrogen) atoms. The van der Waals surface area contributed by atoms with Gasteiger partial charge < -0.3 is 15.2 Å². The predicted molar refractivity (Wildman–Crippen MR) is 58.7 cm³/mol. The molecule has 1 rings (SSSR count). The highest BCUT2D eigenvalue weighted by Crippen LogP contribution is 1.89. The van der Waals surface area contributed by atoms with Crippen LogP contribution < -0.4 is 10.6 Å². The molecule has 0 aliphatic rings. The summed E-state index contributed by atoms with van der Waals surface area (Å²) in [6.07, 6.45) is 3.56. The van der Waals surface area contributed by atoms with Crippen LogP contribution in [0, 0.1) is 0 Å². The third-order valence-corrected chi connectivity index (χ3v) is 2.02. The quantitative estimate of drug-likeness (QED) is 0.632. The first-order chi connectivity index (χ1) is 7.74. The zero-order valence-electron chi connectivity index (χ0n) is 9.27. The van der Waals surface area contributed by atoms with Gasteiger partial charge in [0, 0.05) is 19.5 Å². The number of aromatic nitrogens is 2. The van der Waals surface area contributed by atoms with Crippen molar-refractivity contribution in [1.29, 1.82) is 0 Å². The van der Waals surface area contributed by atoms with E-state index in [1.165, 1.54) is 6.39 Å². The zero-order chi connectivity index (χ0) is 11.8. The average Bonchev–Trinajstić information content (AvgIpc) is 2.78. The molecule has 88 valence electrons. The largest absolute Gasteiger partial charge is 0.351 e. The van der Waals surface area contributed by atoms with Crippen molar-refractivity contribution in [2.45, 2.75) is 19.4 Å². The van der Waals surface area contributed by atoms with Crippen LogP contribution >= 0.6 is 0 Å². The Kier molecular flexibility index (Phi) is 5.21. The molecule has 0 aliphatic heterocycles. The number of carbonyl (C=O) groups is 1. The van der Waals surface area contributed by atoms with Crippen LogP contribution in [0.5, 0.6) is 0 Å². The normalized spacial score (nSPS) is 12.1. The van der Waals surface area contributed by atoms with Gasteiger partial charge in [0.2, 0.25) is 12.3 Å². The summed E-state index contributed by atoms with van der Waals surface area (Å²) in [5, 5.41) is 9.44. The van der Waals surface area contributed by atoms with E-state index in [0.29, 0.717) is 25.3 Å².